The Morgan fingerprint density at radius 2 is 1.91 bits per heavy atom. The number of rotatable bonds is 4. The molecule has 0 saturated heterocycles. The number of H-pyrrole nitrogens is 1. The first-order valence-corrected chi connectivity index (χ1v) is 7.58. The summed E-state index contributed by atoms with van der Waals surface area (Å²) in [6.07, 6.45) is 0. The molecule has 1 heterocycles. The largest absolute Gasteiger partial charge is 0.495 e. The van der Waals surface area contributed by atoms with Crippen molar-refractivity contribution >= 4 is 16.6 Å². The predicted molar refractivity (Wildman–Crippen MR) is 94.4 cm³/mol. The van der Waals surface area contributed by atoms with Gasteiger partial charge in [0, 0.05) is 12.1 Å². The molecule has 4 nitrogen and oxygen atoms in total. The average Bonchev–Trinajstić information content (AvgIpc) is 2.54. The molecule has 118 valence electrons. The van der Waals surface area contributed by atoms with E-state index in [1.165, 1.54) is 5.56 Å². The predicted octanol–water partition coefficient (Wildman–Crippen LogP) is 3.77. The standard InChI is InChI=1S/C19H20N2O2/c1-12-8-13(2)18-14(9-12)10-15(19(22)21-18)11-20-16-6-4-5-7-17(16)23-3/h4-10,20H,11H2,1-3H3,(H,21,22). The van der Waals surface area contributed by atoms with Gasteiger partial charge >= 0.3 is 0 Å². The fourth-order valence-electron chi connectivity index (χ4n) is 2.84. The van der Waals surface area contributed by atoms with Crippen LogP contribution < -0.4 is 15.6 Å². The van der Waals surface area contributed by atoms with E-state index >= 15 is 0 Å². The lowest BCUT2D eigenvalue weighted by Crippen LogP contribution is -2.16. The summed E-state index contributed by atoms with van der Waals surface area (Å²) in [7, 11) is 1.63. The van der Waals surface area contributed by atoms with Crippen LogP contribution in [-0.4, -0.2) is 12.1 Å². The summed E-state index contributed by atoms with van der Waals surface area (Å²) in [5, 5.41) is 4.32. The Hall–Kier alpha value is -2.75. The van der Waals surface area contributed by atoms with E-state index in [-0.39, 0.29) is 5.56 Å². The number of aryl methyl sites for hydroxylation is 2. The zero-order valence-electron chi connectivity index (χ0n) is 13.6. The Kier molecular flexibility index (Phi) is 4.06. The second-order valence-electron chi connectivity index (χ2n) is 5.72. The van der Waals surface area contributed by atoms with Crippen LogP contribution in [0.1, 0.15) is 16.7 Å². The molecule has 0 saturated carbocycles. The molecule has 0 radical (unpaired) electrons. The molecule has 1 aromatic heterocycles. The van der Waals surface area contributed by atoms with Crippen LogP contribution in [0.25, 0.3) is 10.9 Å². The van der Waals surface area contributed by atoms with E-state index in [9.17, 15) is 4.79 Å². The third kappa shape index (κ3) is 3.06. The van der Waals surface area contributed by atoms with Crippen molar-refractivity contribution < 1.29 is 4.74 Å². The molecule has 0 bridgehead atoms. The number of hydrogen-bond donors (Lipinski definition) is 2. The Morgan fingerprint density at radius 1 is 1.13 bits per heavy atom. The van der Waals surface area contributed by atoms with E-state index in [0.29, 0.717) is 12.1 Å². The molecule has 0 aliphatic carbocycles. The number of methoxy groups -OCH3 is 1. The Labute approximate surface area is 135 Å². The number of nitrogens with one attached hydrogen (secondary N) is 2. The zero-order chi connectivity index (χ0) is 16.4. The van der Waals surface area contributed by atoms with Gasteiger partial charge in [-0.25, -0.2) is 0 Å². The van der Waals surface area contributed by atoms with E-state index < -0.39 is 0 Å². The molecule has 0 fully saturated rings. The minimum absolute atomic E-state index is 0.0631. The molecule has 0 amide bonds. The molecule has 0 spiro atoms. The molecule has 23 heavy (non-hydrogen) atoms. The molecular weight excluding hydrogens is 288 g/mol. The van der Waals surface area contributed by atoms with E-state index in [1.54, 1.807) is 7.11 Å². The maximum Gasteiger partial charge on any atom is 0.253 e. The normalized spacial score (nSPS) is 10.7. The first kappa shape index (κ1) is 15.2. The van der Waals surface area contributed by atoms with Gasteiger partial charge in [-0.1, -0.05) is 23.8 Å². The van der Waals surface area contributed by atoms with Gasteiger partial charge in [0.05, 0.1) is 18.3 Å². The van der Waals surface area contributed by atoms with Gasteiger partial charge in [-0.3, -0.25) is 4.79 Å². The van der Waals surface area contributed by atoms with Gasteiger partial charge < -0.3 is 15.0 Å². The van der Waals surface area contributed by atoms with E-state index in [0.717, 1.165) is 27.9 Å². The van der Waals surface area contributed by atoms with Gasteiger partial charge in [-0.2, -0.15) is 0 Å². The molecular formula is C19H20N2O2. The van der Waals surface area contributed by atoms with Crippen molar-refractivity contribution in [3.8, 4) is 5.75 Å². The Morgan fingerprint density at radius 3 is 2.70 bits per heavy atom. The minimum atomic E-state index is -0.0631. The van der Waals surface area contributed by atoms with Crippen LogP contribution in [0.5, 0.6) is 5.75 Å². The van der Waals surface area contributed by atoms with Gasteiger partial charge in [0.15, 0.2) is 0 Å². The van der Waals surface area contributed by atoms with Crippen molar-refractivity contribution in [1.82, 2.24) is 4.98 Å². The van der Waals surface area contributed by atoms with Crippen molar-refractivity contribution in [2.75, 3.05) is 12.4 Å². The summed E-state index contributed by atoms with van der Waals surface area (Å²) >= 11 is 0. The molecule has 0 aliphatic rings. The van der Waals surface area contributed by atoms with Crippen molar-refractivity contribution in [1.29, 1.82) is 0 Å². The number of fused-ring (bicyclic) bond motifs is 1. The van der Waals surface area contributed by atoms with E-state index in [1.807, 2.05) is 37.3 Å². The summed E-state index contributed by atoms with van der Waals surface area (Å²) in [6, 6.07) is 13.8. The third-order valence-electron chi connectivity index (χ3n) is 3.95. The summed E-state index contributed by atoms with van der Waals surface area (Å²) in [5.41, 5.74) is 4.68. The lowest BCUT2D eigenvalue weighted by molar-refractivity contribution is 0.416. The summed E-state index contributed by atoms with van der Waals surface area (Å²) in [6.45, 7) is 4.51. The van der Waals surface area contributed by atoms with Crippen LogP contribution >= 0.6 is 0 Å². The summed E-state index contributed by atoms with van der Waals surface area (Å²) in [5.74, 6) is 0.761. The average molecular weight is 308 g/mol. The second kappa shape index (κ2) is 6.16. The quantitative estimate of drug-likeness (QED) is 0.771. The SMILES string of the molecule is COc1ccccc1NCc1cc2cc(C)cc(C)c2[nH]c1=O. The van der Waals surface area contributed by atoms with Crippen molar-refractivity contribution in [2.45, 2.75) is 20.4 Å². The molecule has 3 rings (SSSR count). The van der Waals surface area contributed by atoms with Crippen LogP contribution in [0.2, 0.25) is 0 Å². The highest BCUT2D eigenvalue weighted by Crippen LogP contribution is 2.24. The smallest absolute Gasteiger partial charge is 0.253 e. The highest BCUT2D eigenvalue weighted by atomic mass is 16.5. The van der Waals surface area contributed by atoms with Crippen LogP contribution in [-0.2, 0) is 6.54 Å². The fraction of sp³-hybridized carbons (Fsp3) is 0.211. The molecule has 0 aliphatic heterocycles. The summed E-state index contributed by atoms with van der Waals surface area (Å²) in [4.78, 5) is 15.3. The fourth-order valence-corrected chi connectivity index (χ4v) is 2.84. The topological polar surface area (TPSA) is 54.1 Å². The number of hydrogen-bond acceptors (Lipinski definition) is 3. The Bertz CT molecular complexity index is 913. The monoisotopic (exact) mass is 308 g/mol. The molecule has 0 unspecified atom stereocenters. The van der Waals surface area contributed by atoms with Crippen LogP contribution in [0, 0.1) is 13.8 Å². The summed E-state index contributed by atoms with van der Waals surface area (Å²) < 4.78 is 5.32. The van der Waals surface area contributed by atoms with E-state index in [4.69, 9.17) is 4.74 Å². The molecule has 0 atom stereocenters. The number of para-hydroxylation sites is 2. The number of benzene rings is 2. The maximum atomic E-state index is 12.3. The van der Waals surface area contributed by atoms with Gasteiger partial charge in [0.2, 0.25) is 0 Å². The van der Waals surface area contributed by atoms with Crippen LogP contribution in [0.15, 0.2) is 47.3 Å². The van der Waals surface area contributed by atoms with Gasteiger partial charge in [-0.05, 0) is 49.1 Å². The number of aromatic nitrogens is 1. The number of ether oxygens (including phenoxy) is 1. The number of aromatic amines is 1. The lowest BCUT2D eigenvalue weighted by Gasteiger charge is -2.11. The molecule has 2 aromatic carbocycles. The van der Waals surface area contributed by atoms with Gasteiger partial charge in [-0.15, -0.1) is 0 Å². The van der Waals surface area contributed by atoms with Crippen molar-refractivity contribution in [3.63, 3.8) is 0 Å². The lowest BCUT2D eigenvalue weighted by atomic mass is 10.1. The highest BCUT2D eigenvalue weighted by molar-refractivity contribution is 5.82. The zero-order valence-corrected chi connectivity index (χ0v) is 13.6. The first-order chi connectivity index (χ1) is 11.1. The minimum Gasteiger partial charge on any atom is -0.495 e. The van der Waals surface area contributed by atoms with Crippen LogP contribution in [0.3, 0.4) is 0 Å². The highest BCUT2D eigenvalue weighted by Gasteiger charge is 2.07. The third-order valence-corrected chi connectivity index (χ3v) is 3.95. The molecule has 4 heteroatoms. The van der Waals surface area contributed by atoms with E-state index in [2.05, 4.69) is 29.4 Å². The van der Waals surface area contributed by atoms with Gasteiger partial charge in [0.25, 0.3) is 5.56 Å². The van der Waals surface area contributed by atoms with Crippen molar-refractivity contribution in [2.24, 2.45) is 0 Å². The Balaban J connectivity index is 1.94. The van der Waals surface area contributed by atoms with Crippen molar-refractivity contribution in [3.05, 3.63) is 69.5 Å². The van der Waals surface area contributed by atoms with Crippen LogP contribution in [0.4, 0.5) is 5.69 Å². The number of pyridine rings is 1. The first-order valence-electron chi connectivity index (χ1n) is 7.58. The maximum absolute atomic E-state index is 12.3. The number of anilines is 1. The molecule has 2 N–H and O–H groups in total. The second-order valence-corrected chi connectivity index (χ2v) is 5.72. The van der Waals surface area contributed by atoms with Gasteiger partial charge in [0.1, 0.15) is 5.75 Å². The molecule has 3 aromatic rings.